The predicted molar refractivity (Wildman–Crippen MR) is 92.5 cm³/mol. The Bertz CT molecular complexity index is 574. The van der Waals surface area contributed by atoms with Crippen LogP contribution in [0.4, 0.5) is 0 Å². The Labute approximate surface area is 144 Å². The Morgan fingerprint density at radius 2 is 1.62 bits per heavy atom. The van der Waals surface area contributed by atoms with Crippen molar-refractivity contribution in [1.29, 1.82) is 0 Å². The lowest BCUT2D eigenvalue weighted by molar-refractivity contribution is -0.137. The van der Waals surface area contributed by atoms with Crippen LogP contribution >= 0.6 is 0 Å². The van der Waals surface area contributed by atoms with Crippen LogP contribution in [0.1, 0.15) is 88.3 Å². The third-order valence-corrected chi connectivity index (χ3v) is 6.18. The van der Waals surface area contributed by atoms with E-state index in [-0.39, 0.29) is 12.0 Å². The summed E-state index contributed by atoms with van der Waals surface area (Å²) in [7, 11) is 0. The van der Waals surface area contributed by atoms with Crippen molar-refractivity contribution >= 4 is 5.91 Å². The van der Waals surface area contributed by atoms with Gasteiger partial charge >= 0.3 is 0 Å². The van der Waals surface area contributed by atoms with E-state index in [1.165, 1.54) is 44.9 Å². The fourth-order valence-electron chi connectivity index (χ4n) is 4.81. The molecule has 0 spiro atoms. The second-order valence-electron chi connectivity index (χ2n) is 7.81. The minimum atomic E-state index is 0.167. The van der Waals surface area contributed by atoms with Gasteiger partial charge in [0.15, 0.2) is 5.82 Å². The highest BCUT2D eigenvalue weighted by molar-refractivity contribution is 5.79. The smallest absolute Gasteiger partial charge is 0.226 e. The Hall–Kier alpha value is -1.39. The standard InChI is InChI=1S/C19H30N4O/c24-19(15-9-4-1-2-5-10-15)22-14-8-11-16(22)18-21-20-17-12-6-3-7-13-23(17)18/h15-16H,1-14H2. The second kappa shape index (κ2) is 7.24. The first-order chi connectivity index (χ1) is 11.8. The Kier molecular flexibility index (Phi) is 4.86. The van der Waals surface area contributed by atoms with Crippen LogP contribution in [-0.2, 0) is 17.8 Å². The van der Waals surface area contributed by atoms with Crippen LogP contribution in [0.2, 0.25) is 0 Å². The van der Waals surface area contributed by atoms with Gasteiger partial charge in [-0.15, -0.1) is 10.2 Å². The summed E-state index contributed by atoms with van der Waals surface area (Å²) < 4.78 is 2.33. The molecule has 3 heterocycles. The summed E-state index contributed by atoms with van der Waals surface area (Å²) in [4.78, 5) is 15.3. The highest BCUT2D eigenvalue weighted by atomic mass is 16.2. The van der Waals surface area contributed by atoms with E-state index in [0.717, 1.165) is 56.8 Å². The zero-order valence-corrected chi connectivity index (χ0v) is 14.8. The molecule has 132 valence electrons. The second-order valence-corrected chi connectivity index (χ2v) is 7.81. The molecule has 24 heavy (non-hydrogen) atoms. The van der Waals surface area contributed by atoms with Gasteiger partial charge in [-0.3, -0.25) is 4.79 Å². The number of aryl methyl sites for hydroxylation is 1. The van der Waals surface area contributed by atoms with Gasteiger partial charge in [0.25, 0.3) is 0 Å². The maximum atomic E-state index is 13.2. The van der Waals surface area contributed by atoms with E-state index < -0.39 is 0 Å². The van der Waals surface area contributed by atoms with Crippen LogP contribution < -0.4 is 0 Å². The molecule has 0 N–H and O–H groups in total. The Morgan fingerprint density at radius 1 is 0.833 bits per heavy atom. The van der Waals surface area contributed by atoms with Gasteiger partial charge in [0.2, 0.25) is 5.91 Å². The van der Waals surface area contributed by atoms with E-state index in [9.17, 15) is 4.79 Å². The first-order valence-electron chi connectivity index (χ1n) is 10.1. The van der Waals surface area contributed by atoms with Crippen LogP contribution in [0.5, 0.6) is 0 Å². The molecule has 2 fully saturated rings. The van der Waals surface area contributed by atoms with E-state index >= 15 is 0 Å². The molecule has 1 saturated heterocycles. The van der Waals surface area contributed by atoms with Crippen LogP contribution in [0.25, 0.3) is 0 Å². The minimum Gasteiger partial charge on any atom is -0.332 e. The molecule has 0 radical (unpaired) electrons. The van der Waals surface area contributed by atoms with Gasteiger partial charge < -0.3 is 9.47 Å². The van der Waals surface area contributed by atoms with Crippen LogP contribution in [0, 0.1) is 5.92 Å². The predicted octanol–water partition coefficient (Wildman–Crippen LogP) is 3.64. The van der Waals surface area contributed by atoms with Crippen LogP contribution in [0.3, 0.4) is 0 Å². The summed E-state index contributed by atoms with van der Waals surface area (Å²) in [5, 5.41) is 8.99. The monoisotopic (exact) mass is 330 g/mol. The third-order valence-electron chi connectivity index (χ3n) is 6.18. The molecule has 1 aromatic rings. The van der Waals surface area contributed by atoms with Crippen molar-refractivity contribution in [2.45, 2.75) is 89.6 Å². The van der Waals surface area contributed by atoms with Crippen LogP contribution in [0.15, 0.2) is 0 Å². The number of rotatable bonds is 2. The van der Waals surface area contributed by atoms with Gasteiger partial charge in [-0.1, -0.05) is 32.1 Å². The lowest BCUT2D eigenvalue weighted by Crippen LogP contribution is -2.36. The summed E-state index contributed by atoms with van der Waals surface area (Å²) in [6.45, 7) is 1.93. The summed E-state index contributed by atoms with van der Waals surface area (Å²) in [6, 6.07) is 0.167. The van der Waals surface area contributed by atoms with Crippen molar-refractivity contribution in [3.63, 3.8) is 0 Å². The number of carbonyl (C=O) groups is 1. The maximum absolute atomic E-state index is 13.2. The SMILES string of the molecule is O=C(C1CCCCCC1)N1CCCC1c1nnc2n1CCCCC2. The fourth-order valence-corrected chi connectivity index (χ4v) is 4.81. The van der Waals surface area contributed by atoms with E-state index in [4.69, 9.17) is 0 Å². The molecular formula is C19H30N4O. The molecule has 0 aromatic carbocycles. The van der Waals surface area contributed by atoms with Crippen molar-refractivity contribution in [3.05, 3.63) is 11.6 Å². The van der Waals surface area contributed by atoms with E-state index in [1.807, 2.05) is 0 Å². The lowest BCUT2D eigenvalue weighted by Gasteiger charge is -2.28. The normalized spacial score (nSPS) is 26.0. The minimum absolute atomic E-state index is 0.167. The highest BCUT2D eigenvalue weighted by Crippen LogP contribution is 2.35. The number of aromatic nitrogens is 3. The van der Waals surface area contributed by atoms with Crippen molar-refractivity contribution in [2.75, 3.05) is 6.54 Å². The van der Waals surface area contributed by atoms with Crippen molar-refractivity contribution in [2.24, 2.45) is 5.92 Å². The maximum Gasteiger partial charge on any atom is 0.226 e. The average molecular weight is 330 g/mol. The molecular weight excluding hydrogens is 300 g/mol. The number of fused-ring (bicyclic) bond motifs is 1. The molecule has 1 aliphatic carbocycles. The number of amides is 1. The molecule has 3 aliphatic rings. The molecule has 1 atom stereocenters. The highest BCUT2D eigenvalue weighted by Gasteiger charge is 2.37. The Balaban J connectivity index is 1.54. The molecule has 0 bridgehead atoms. The summed E-state index contributed by atoms with van der Waals surface area (Å²) in [6.07, 6.45) is 14.1. The zero-order valence-electron chi connectivity index (χ0n) is 14.8. The largest absolute Gasteiger partial charge is 0.332 e. The summed E-state index contributed by atoms with van der Waals surface area (Å²) >= 11 is 0. The van der Waals surface area contributed by atoms with Gasteiger partial charge in [-0.05, 0) is 38.5 Å². The van der Waals surface area contributed by atoms with Gasteiger partial charge in [0.1, 0.15) is 5.82 Å². The molecule has 2 aliphatic heterocycles. The van der Waals surface area contributed by atoms with E-state index in [2.05, 4.69) is 19.7 Å². The van der Waals surface area contributed by atoms with Crippen molar-refractivity contribution in [1.82, 2.24) is 19.7 Å². The zero-order chi connectivity index (χ0) is 16.4. The first-order valence-corrected chi connectivity index (χ1v) is 10.1. The number of nitrogens with zero attached hydrogens (tertiary/aromatic N) is 4. The number of likely N-dealkylation sites (tertiary alicyclic amines) is 1. The lowest BCUT2D eigenvalue weighted by atomic mass is 9.98. The van der Waals surface area contributed by atoms with E-state index in [1.54, 1.807) is 0 Å². The molecule has 4 rings (SSSR count). The summed E-state index contributed by atoms with van der Waals surface area (Å²) in [5.74, 6) is 2.84. The fraction of sp³-hybridized carbons (Fsp3) is 0.842. The molecule has 1 saturated carbocycles. The van der Waals surface area contributed by atoms with Gasteiger partial charge in [0.05, 0.1) is 6.04 Å². The number of hydrogen-bond donors (Lipinski definition) is 0. The number of hydrogen-bond acceptors (Lipinski definition) is 3. The molecule has 1 aromatic heterocycles. The molecule has 1 amide bonds. The molecule has 5 nitrogen and oxygen atoms in total. The van der Waals surface area contributed by atoms with Crippen molar-refractivity contribution < 1.29 is 4.79 Å². The Morgan fingerprint density at radius 3 is 2.46 bits per heavy atom. The molecule has 1 unspecified atom stereocenters. The quantitative estimate of drug-likeness (QED) is 0.778. The molecule has 5 heteroatoms. The van der Waals surface area contributed by atoms with Gasteiger partial charge in [0, 0.05) is 25.4 Å². The summed E-state index contributed by atoms with van der Waals surface area (Å²) in [5.41, 5.74) is 0. The topological polar surface area (TPSA) is 51.0 Å². The van der Waals surface area contributed by atoms with Gasteiger partial charge in [-0.2, -0.15) is 0 Å². The van der Waals surface area contributed by atoms with E-state index in [0.29, 0.717) is 5.91 Å². The average Bonchev–Trinajstić information content (AvgIpc) is 3.03. The first kappa shape index (κ1) is 16.1. The van der Waals surface area contributed by atoms with Gasteiger partial charge in [-0.25, -0.2) is 0 Å². The van der Waals surface area contributed by atoms with Crippen LogP contribution in [-0.4, -0.2) is 32.1 Å². The number of carbonyl (C=O) groups excluding carboxylic acids is 1. The van der Waals surface area contributed by atoms with Crippen molar-refractivity contribution in [3.8, 4) is 0 Å². The third kappa shape index (κ3) is 3.09.